The van der Waals surface area contributed by atoms with E-state index in [1.165, 1.54) is 29.1 Å². The Labute approximate surface area is 134 Å². The molecule has 2 heterocycles. The molecule has 0 amide bonds. The molecule has 0 saturated carbocycles. The lowest BCUT2D eigenvalue weighted by Crippen LogP contribution is -2.46. The smallest absolute Gasteiger partial charge is 0.380 e. The summed E-state index contributed by atoms with van der Waals surface area (Å²) >= 11 is 10.5. The fourth-order valence-electron chi connectivity index (χ4n) is 2.05. The molecule has 1 aliphatic rings. The van der Waals surface area contributed by atoms with Crippen LogP contribution in [0.1, 0.15) is 16.6 Å². The van der Waals surface area contributed by atoms with Gasteiger partial charge in [0.05, 0.1) is 6.61 Å². The Kier molecular flexibility index (Phi) is 5.45. The van der Waals surface area contributed by atoms with Crippen LogP contribution in [0.5, 0.6) is 0 Å². The Morgan fingerprint density at radius 1 is 1.41 bits per heavy atom. The molecule has 0 spiro atoms. The van der Waals surface area contributed by atoms with Crippen LogP contribution in [-0.2, 0) is 13.8 Å². The van der Waals surface area contributed by atoms with Gasteiger partial charge in [-0.2, -0.15) is 4.57 Å². The molecular weight excluding hydrogens is 360 g/mol. The van der Waals surface area contributed by atoms with E-state index in [2.05, 4.69) is 4.52 Å². The first-order valence-corrected chi connectivity index (χ1v) is 9.52. The second-order valence-corrected chi connectivity index (χ2v) is 8.88. The molecule has 1 aromatic heterocycles. The number of aromatic nitrogens is 1. The average Bonchev–Trinajstić information content (AvgIpc) is 2.72. The van der Waals surface area contributed by atoms with Crippen LogP contribution in [-0.4, -0.2) is 46.2 Å². The number of rotatable bonds is 5. The van der Waals surface area contributed by atoms with Crippen molar-refractivity contribution in [3.8, 4) is 0 Å². The molecule has 0 aliphatic carbocycles. The second kappa shape index (κ2) is 6.80. The molecular formula is C11H13Cl2NO7P+. The number of aliphatic hydroxyl groups is 2. The highest BCUT2D eigenvalue weighted by Gasteiger charge is 2.48. The number of halogens is 2. The van der Waals surface area contributed by atoms with E-state index >= 15 is 0 Å². The summed E-state index contributed by atoms with van der Waals surface area (Å²) < 4.78 is 22.4. The van der Waals surface area contributed by atoms with Crippen LogP contribution in [0.15, 0.2) is 24.5 Å². The molecule has 4 atom stereocenters. The second-order valence-electron chi connectivity index (χ2n) is 4.60. The number of ether oxygens (including phenoxy) is 1. The van der Waals surface area contributed by atoms with Crippen molar-refractivity contribution in [2.45, 2.75) is 24.5 Å². The Morgan fingerprint density at radius 2 is 2.09 bits per heavy atom. The summed E-state index contributed by atoms with van der Waals surface area (Å²) in [6, 6.07) is 2.83. The normalized spacial score (nSPS) is 28.7. The molecule has 0 unspecified atom stereocenters. The van der Waals surface area contributed by atoms with Crippen LogP contribution in [0.2, 0.25) is 0 Å². The Balaban J connectivity index is 2.14. The van der Waals surface area contributed by atoms with Crippen LogP contribution in [0, 0.1) is 0 Å². The van der Waals surface area contributed by atoms with Crippen LogP contribution in [0.3, 0.4) is 0 Å². The number of aromatic carboxylic acids is 1. The van der Waals surface area contributed by atoms with Crippen molar-refractivity contribution in [2.24, 2.45) is 0 Å². The Bertz CT molecular complexity index is 610. The highest BCUT2D eigenvalue weighted by Crippen LogP contribution is 2.57. The van der Waals surface area contributed by atoms with Gasteiger partial charge in [-0.3, -0.25) is 4.57 Å². The quantitative estimate of drug-likeness (QED) is 0.519. The molecule has 1 aliphatic heterocycles. The van der Waals surface area contributed by atoms with E-state index in [9.17, 15) is 19.6 Å². The third kappa shape index (κ3) is 4.17. The molecule has 0 radical (unpaired) electrons. The molecule has 11 heteroatoms. The van der Waals surface area contributed by atoms with Crippen molar-refractivity contribution in [1.29, 1.82) is 0 Å². The number of aliphatic hydroxyl groups excluding tert-OH is 2. The van der Waals surface area contributed by atoms with Crippen LogP contribution < -0.4 is 4.57 Å². The maximum absolute atomic E-state index is 11.1. The highest BCUT2D eigenvalue weighted by atomic mass is 35.9. The number of carboxylic acids is 1. The number of hydrogen-bond donors (Lipinski definition) is 3. The van der Waals surface area contributed by atoms with Gasteiger partial charge in [0.25, 0.3) is 6.23 Å². The molecule has 1 saturated heterocycles. The van der Waals surface area contributed by atoms with E-state index in [-0.39, 0.29) is 5.56 Å². The minimum absolute atomic E-state index is 0.0153. The monoisotopic (exact) mass is 372 g/mol. The van der Waals surface area contributed by atoms with Gasteiger partial charge < -0.3 is 24.6 Å². The van der Waals surface area contributed by atoms with E-state index < -0.39 is 43.2 Å². The van der Waals surface area contributed by atoms with Crippen molar-refractivity contribution in [3.63, 3.8) is 0 Å². The van der Waals surface area contributed by atoms with Crippen LogP contribution in [0.25, 0.3) is 0 Å². The zero-order chi connectivity index (χ0) is 16.5. The Hall–Kier alpha value is -0.730. The first kappa shape index (κ1) is 17.6. The molecule has 3 N–H and O–H groups in total. The zero-order valence-corrected chi connectivity index (χ0v) is 13.4. The number of hydrogen-bond acceptors (Lipinski definition) is 6. The van der Waals surface area contributed by atoms with Gasteiger partial charge in [0.2, 0.25) is 0 Å². The molecule has 0 aromatic carbocycles. The predicted molar refractivity (Wildman–Crippen MR) is 74.8 cm³/mol. The van der Waals surface area contributed by atoms with Crippen molar-refractivity contribution in [1.82, 2.24) is 0 Å². The van der Waals surface area contributed by atoms with E-state index in [1.807, 2.05) is 0 Å². The summed E-state index contributed by atoms with van der Waals surface area (Å²) in [7, 11) is 0. The van der Waals surface area contributed by atoms with Gasteiger partial charge in [-0.1, -0.05) is 0 Å². The first-order chi connectivity index (χ1) is 10.2. The summed E-state index contributed by atoms with van der Waals surface area (Å²) in [4.78, 5) is 10.9. The summed E-state index contributed by atoms with van der Waals surface area (Å²) in [6.45, 7) is -0.391. The van der Waals surface area contributed by atoms with Crippen molar-refractivity contribution < 1.29 is 38.5 Å². The predicted octanol–water partition coefficient (Wildman–Crippen LogP) is 0.894. The van der Waals surface area contributed by atoms with Crippen molar-refractivity contribution in [3.05, 3.63) is 30.1 Å². The maximum Gasteiger partial charge on any atom is 0.380 e. The molecule has 0 bridgehead atoms. The molecule has 1 fully saturated rings. The fourth-order valence-corrected chi connectivity index (χ4v) is 2.71. The van der Waals surface area contributed by atoms with Gasteiger partial charge in [-0.15, -0.1) is 0 Å². The standard InChI is InChI=1S/C11H12Cl2NO7P/c12-22(13,19)20-5-7-8(15)9(16)10(21-7)14-3-1-2-6(4-14)11(17)18/h1-4,7-10,15-16H,5H2/p+1/t7-,8-,9-,10-/m1/s1. The van der Waals surface area contributed by atoms with E-state index in [0.29, 0.717) is 0 Å². The number of nitrogens with zero attached hydrogens (tertiary/aromatic N) is 1. The highest BCUT2D eigenvalue weighted by molar-refractivity contribution is 8.05. The van der Waals surface area contributed by atoms with E-state index in [1.54, 1.807) is 0 Å². The maximum atomic E-state index is 11.1. The minimum Gasteiger partial charge on any atom is -0.477 e. The average molecular weight is 373 g/mol. The molecule has 122 valence electrons. The van der Waals surface area contributed by atoms with Gasteiger partial charge in [0, 0.05) is 6.07 Å². The van der Waals surface area contributed by atoms with Gasteiger partial charge in [0.15, 0.2) is 18.5 Å². The van der Waals surface area contributed by atoms with Gasteiger partial charge in [0.1, 0.15) is 17.8 Å². The Morgan fingerprint density at radius 3 is 2.68 bits per heavy atom. The number of carbonyl (C=O) groups is 1. The fraction of sp³-hybridized carbons (Fsp3) is 0.455. The molecule has 2 rings (SSSR count). The third-order valence-corrected chi connectivity index (χ3v) is 4.12. The van der Waals surface area contributed by atoms with Crippen molar-refractivity contribution in [2.75, 3.05) is 6.61 Å². The summed E-state index contributed by atoms with van der Waals surface area (Å²) in [6.07, 6.45) is -5.80. The third-order valence-electron chi connectivity index (χ3n) is 3.09. The SMILES string of the molecule is O=C(O)c1ccc[n+]([C@@H]2O[C@H](COP(=O)(Cl)Cl)[C@@H](O)[C@H]2O)c1. The largest absolute Gasteiger partial charge is 0.477 e. The van der Waals surface area contributed by atoms with Crippen LogP contribution in [0.4, 0.5) is 0 Å². The van der Waals surface area contributed by atoms with E-state index in [4.69, 9.17) is 32.3 Å². The van der Waals surface area contributed by atoms with Gasteiger partial charge in [-0.25, -0.2) is 4.79 Å². The van der Waals surface area contributed by atoms with Gasteiger partial charge >= 0.3 is 12.0 Å². The summed E-state index contributed by atoms with van der Waals surface area (Å²) in [5, 5.41) is 28.9. The zero-order valence-electron chi connectivity index (χ0n) is 11.0. The van der Waals surface area contributed by atoms with Crippen LogP contribution >= 0.6 is 28.6 Å². The minimum atomic E-state index is -3.79. The lowest BCUT2D eigenvalue weighted by Gasteiger charge is -2.13. The van der Waals surface area contributed by atoms with Crippen molar-refractivity contribution >= 4 is 34.5 Å². The first-order valence-electron chi connectivity index (χ1n) is 6.08. The molecule has 1 aromatic rings. The molecule has 8 nitrogen and oxygen atoms in total. The number of carboxylic acid groups (broad SMARTS) is 1. The lowest BCUT2D eigenvalue weighted by molar-refractivity contribution is -0.765. The van der Waals surface area contributed by atoms with E-state index in [0.717, 1.165) is 0 Å². The number of pyridine rings is 1. The molecule has 22 heavy (non-hydrogen) atoms. The lowest BCUT2D eigenvalue weighted by atomic mass is 10.1. The topological polar surface area (TPSA) is 117 Å². The van der Waals surface area contributed by atoms with Gasteiger partial charge in [-0.05, 0) is 28.5 Å². The summed E-state index contributed by atoms with van der Waals surface area (Å²) in [5.41, 5.74) is -0.0153. The summed E-state index contributed by atoms with van der Waals surface area (Å²) in [5.74, 6) is -1.15.